The molecule has 4 aromatic carbocycles. The Morgan fingerprint density at radius 3 is 2.00 bits per heavy atom. The van der Waals surface area contributed by atoms with Crippen molar-refractivity contribution in [2.75, 3.05) is 28.0 Å². The van der Waals surface area contributed by atoms with Crippen molar-refractivity contribution >= 4 is 54.6 Å². The van der Waals surface area contributed by atoms with E-state index in [1.54, 1.807) is 48.5 Å². The van der Waals surface area contributed by atoms with Gasteiger partial charge >= 0.3 is 0 Å². The lowest BCUT2D eigenvalue weighted by molar-refractivity contribution is -0.114. The van der Waals surface area contributed by atoms with Crippen LogP contribution in [0.4, 0.5) is 17.1 Å². The number of hydrogen-bond donors (Lipinski definition) is 2. The van der Waals surface area contributed by atoms with E-state index >= 15 is 0 Å². The maximum Gasteiger partial charge on any atom is 0.264 e. The van der Waals surface area contributed by atoms with E-state index < -0.39 is 32.5 Å². The van der Waals surface area contributed by atoms with Crippen LogP contribution in [0.15, 0.2) is 107 Å². The predicted octanol–water partition coefficient (Wildman–Crippen LogP) is 5.29. The monoisotopic (exact) mass is 599 g/mol. The molecule has 40 heavy (non-hydrogen) atoms. The first-order chi connectivity index (χ1) is 19.0. The number of nitrogens with zero attached hydrogens (tertiary/aromatic N) is 1. The number of methoxy groups -OCH3 is 1. The number of nitrogens with one attached hydrogen (secondary N) is 2. The molecular formula is C28H26ClN3O6S2. The van der Waals surface area contributed by atoms with Crippen molar-refractivity contribution in [3.8, 4) is 5.75 Å². The third-order valence-electron chi connectivity index (χ3n) is 5.79. The molecule has 0 spiro atoms. The Kier molecular flexibility index (Phi) is 8.67. The third kappa shape index (κ3) is 6.74. The lowest BCUT2D eigenvalue weighted by Crippen LogP contribution is -2.38. The maximum absolute atomic E-state index is 13.6. The smallest absolute Gasteiger partial charge is 0.264 e. The van der Waals surface area contributed by atoms with E-state index in [4.69, 9.17) is 16.3 Å². The summed E-state index contributed by atoms with van der Waals surface area (Å²) in [5, 5.41) is 3.10. The van der Waals surface area contributed by atoms with Crippen LogP contribution in [0.5, 0.6) is 5.75 Å². The van der Waals surface area contributed by atoms with E-state index in [1.165, 1.54) is 55.6 Å². The Hall–Kier alpha value is -4.06. The van der Waals surface area contributed by atoms with Crippen molar-refractivity contribution in [3.63, 3.8) is 0 Å². The number of benzene rings is 4. The lowest BCUT2D eigenvalue weighted by Gasteiger charge is -2.25. The molecule has 0 saturated heterocycles. The number of ether oxygens (including phenoxy) is 1. The molecule has 4 aromatic rings. The van der Waals surface area contributed by atoms with Crippen LogP contribution in [0.2, 0.25) is 5.02 Å². The Labute approximate surface area is 238 Å². The minimum Gasteiger partial charge on any atom is -0.495 e. The number of aryl methyl sites for hydroxylation is 1. The van der Waals surface area contributed by atoms with E-state index in [0.717, 1.165) is 9.87 Å². The number of rotatable bonds is 10. The molecule has 9 nitrogen and oxygen atoms in total. The summed E-state index contributed by atoms with van der Waals surface area (Å²) in [6, 6.07) is 24.4. The highest BCUT2D eigenvalue weighted by Gasteiger charge is 2.29. The van der Waals surface area contributed by atoms with Gasteiger partial charge < -0.3 is 10.1 Å². The van der Waals surface area contributed by atoms with Gasteiger partial charge in [-0.15, -0.1) is 0 Å². The van der Waals surface area contributed by atoms with Gasteiger partial charge in [0, 0.05) is 16.4 Å². The van der Waals surface area contributed by atoms with Gasteiger partial charge in [-0.25, -0.2) is 16.8 Å². The molecule has 0 aliphatic rings. The zero-order valence-electron chi connectivity index (χ0n) is 21.5. The van der Waals surface area contributed by atoms with Gasteiger partial charge in [0.1, 0.15) is 12.3 Å². The first kappa shape index (κ1) is 28.9. The summed E-state index contributed by atoms with van der Waals surface area (Å²) in [5.74, 6) is -0.370. The Bertz CT molecular complexity index is 1710. The minimum absolute atomic E-state index is 0.0135. The van der Waals surface area contributed by atoms with E-state index in [-0.39, 0.29) is 26.9 Å². The number of carbonyl (C=O) groups excluding carboxylic acids is 1. The second-order valence-electron chi connectivity index (χ2n) is 8.68. The second kappa shape index (κ2) is 12.0. The van der Waals surface area contributed by atoms with Crippen LogP contribution in [0.25, 0.3) is 0 Å². The van der Waals surface area contributed by atoms with Gasteiger partial charge in [0.25, 0.3) is 20.0 Å². The first-order valence-corrected chi connectivity index (χ1v) is 15.2. The van der Waals surface area contributed by atoms with Crippen molar-refractivity contribution in [1.29, 1.82) is 0 Å². The second-order valence-corrected chi connectivity index (χ2v) is 12.7. The Balaban J connectivity index is 1.55. The fourth-order valence-corrected chi connectivity index (χ4v) is 6.37. The number of carbonyl (C=O) groups is 1. The third-order valence-corrected chi connectivity index (χ3v) is 9.22. The van der Waals surface area contributed by atoms with Gasteiger partial charge in [0.15, 0.2) is 0 Å². The maximum atomic E-state index is 13.6. The number of halogens is 1. The summed E-state index contributed by atoms with van der Waals surface area (Å²) in [6.45, 7) is 1.28. The molecule has 4 rings (SSSR count). The zero-order chi connectivity index (χ0) is 28.9. The van der Waals surface area contributed by atoms with Crippen molar-refractivity contribution in [1.82, 2.24) is 0 Å². The van der Waals surface area contributed by atoms with Gasteiger partial charge in [0.05, 0.1) is 22.6 Å². The van der Waals surface area contributed by atoms with Crippen molar-refractivity contribution in [3.05, 3.63) is 108 Å². The van der Waals surface area contributed by atoms with Gasteiger partial charge in [0.2, 0.25) is 5.91 Å². The number of para-hydroxylation sites is 2. The van der Waals surface area contributed by atoms with Crippen LogP contribution in [-0.4, -0.2) is 36.4 Å². The van der Waals surface area contributed by atoms with Crippen LogP contribution < -0.4 is 19.1 Å². The number of anilines is 3. The van der Waals surface area contributed by atoms with Gasteiger partial charge in [-0.2, -0.15) is 0 Å². The summed E-state index contributed by atoms with van der Waals surface area (Å²) >= 11 is 5.85. The molecule has 0 radical (unpaired) electrons. The molecule has 0 unspecified atom stereocenters. The predicted molar refractivity (Wildman–Crippen MR) is 156 cm³/mol. The fourth-order valence-electron chi connectivity index (χ4n) is 3.75. The molecule has 0 heterocycles. The van der Waals surface area contributed by atoms with Gasteiger partial charge in [-0.1, -0.05) is 41.4 Å². The van der Waals surface area contributed by atoms with E-state index in [2.05, 4.69) is 10.0 Å². The molecule has 0 atom stereocenters. The minimum atomic E-state index is -4.15. The number of sulfonamides is 2. The van der Waals surface area contributed by atoms with Crippen molar-refractivity contribution in [2.24, 2.45) is 0 Å². The largest absolute Gasteiger partial charge is 0.495 e. The van der Waals surface area contributed by atoms with Crippen molar-refractivity contribution < 1.29 is 26.4 Å². The topological polar surface area (TPSA) is 122 Å². The van der Waals surface area contributed by atoms with E-state index in [9.17, 15) is 21.6 Å². The summed E-state index contributed by atoms with van der Waals surface area (Å²) in [7, 11) is -6.64. The molecule has 2 N–H and O–H groups in total. The van der Waals surface area contributed by atoms with E-state index in [0.29, 0.717) is 10.7 Å². The van der Waals surface area contributed by atoms with Crippen LogP contribution in [0, 0.1) is 6.92 Å². The molecule has 0 bridgehead atoms. The van der Waals surface area contributed by atoms with Crippen LogP contribution >= 0.6 is 11.6 Å². The molecule has 0 aromatic heterocycles. The first-order valence-electron chi connectivity index (χ1n) is 11.9. The highest BCUT2D eigenvalue weighted by atomic mass is 35.5. The number of hydrogen-bond acceptors (Lipinski definition) is 6. The molecule has 0 fully saturated rings. The summed E-state index contributed by atoms with van der Waals surface area (Å²) in [6.07, 6.45) is 0. The molecule has 0 saturated carbocycles. The SMILES string of the molecule is COc1ccccc1N(CC(=O)Nc1ccc(S(=O)(=O)Nc2ccc(Cl)cc2)cc1)S(=O)(=O)c1ccc(C)cc1. The summed E-state index contributed by atoms with van der Waals surface area (Å²) in [4.78, 5) is 13.1. The molecular weight excluding hydrogens is 574 g/mol. The standard InChI is InChI=1S/C28H26ClN3O6S2/c1-20-7-15-25(16-8-20)40(36,37)32(26-5-3-4-6-27(26)38-2)19-28(33)30-22-13-17-24(18-14-22)39(34,35)31-23-11-9-21(29)10-12-23/h3-18,31H,19H2,1-2H3,(H,30,33). The van der Waals surface area contributed by atoms with Crippen LogP contribution in [-0.2, 0) is 24.8 Å². The Morgan fingerprint density at radius 2 is 1.38 bits per heavy atom. The lowest BCUT2D eigenvalue weighted by atomic mass is 10.2. The molecule has 0 aliphatic heterocycles. The van der Waals surface area contributed by atoms with Gasteiger partial charge in [-0.3, -0.25) is 13.8 Å². The normalized spacial score (nSPS) is 11.5. The Morgan fingerprint density at radius 1 is 0.800 bits per heavy atom. The summed E-state index contributed by atoms with van der Waals surface area (Å²) in [5.41, 5.74) is 1.70. The average Bonchev–Trinajstić information content (AvgIpc) is 2.93. The van der Waals surface area contributed by atoms with Crippen molar-refractivity contribution in [2.45, 2.75) is 16.7 Å². The zero-order valence-corrected chi connectivity index (χ0v) is 23.9. The average molecular weight is 600 g/mol. The molecule has 1 amide bonds. The van der Waals surface area contributed by atoms with Crippen LogP contribution in [0.3, 0.4) is 0 Å². The molecule has 208 valence electrons. The quantitative estimate of drug-likeness (QED) is 0.255. The van der Waals surface area contributed by atoms with Crippen LogP contribution in [0.1, 0.15) is 5.56 Å². The fraction of sp³-hybridized carbons (Fsp3) is 0.107. The molecule has 12 heteroatoms. The highest BCUT2D eigenvalue weighted by Crippen LogP contribution is 2.32. The summed E-state index contributed by atoms with van der Waals surface area (Å²) < 4.78 is 61.5. The number of amides is 1. The van der Waals surface area contributed by atoms with Gasteiger partial charge in [-0.05, 0) is 79.7 Å². The molecule has 0 aliphatic carbocycles. The van der Waals surface area contributed by atoms with E-state index in [1.807, 2.05) is 6.92 Å². The highest BCUT2D eigenvalue weighted by molar-refractivity contribution is 7.93.